The van der Waals surface area contributed by atoms with Crippen LogP contribution >= 0.6 is 15.9 Å². The van der Waals surface area contributed by atoms with Gasteiger partial charge in [-0.05, 0) is 12.8 Å². The number of aromatic amines is 1. The molecule has 0 bridgehead atoms. The van der Waals surface area contributed by atoms with Gasteiger partial charge in [-0.1, -0.05) is 42.6 Å². The van der Waals surface area contributed by atoms with Crippen molar-refractivity contribution in [2.45, 2.75) is 44.4 Å². The van der Waals surface area contributed by atoms with Crippen LogP contribution in [0.5, 0.6) is 0 Å². The molecule has 1 rings (SSSR count). The molecule has 1 unspecified atom stereocenters. The van der Waals surface area contributed by atoms with Crippen LogP contribution in [0.3, 0.4) is 0 Å². The number of nitrogens with zero attached hydrogens (tertiary/aromatic N) is 1. The summed E-state index contributed by atoms with van der Waals surface area (Å²) in [4.78, 5) is 7.18. The molecule has 3 heteroatoms. The lowest BCUT2D eigenvalue weighted by Crippen LogP contribution is -1.92. The quantitative estimate of drug-likeness (QED) is 0.806. The molecule has 0 amide bonds. The number of nitrogens with one attached hydrogen (secondary N) is 1. The Bertz CT molecular complexity index is 146. The molecular weight excluding hydrogens is 228 g/mol. The fraction of sp³-hybridized carbons (Fsp3) is 0.700. The molecule has 2 nitrogen and oxygen atoms in total. The second-order valence-electron chi connectivity index (χ2n) is 2.91. The first-order valence-electron chi connectivity index (χ1n) is 4.88. The molecule has 0 radical (unpaired) electrons. The summed E-state index contributed by atoms with van der Waals surface area (Å²) < 4.78 is 0. The van der Waals surface area contributed by atoms with Crippen LogP contribution in [-0.4, -0.2) is 14.8 Å². The van der Waals surface area contributed by atoms with E-state index in [4.69, 9.17) is 0 Å². The van der Waals surface area contributed by atoms with Gasteiger partial charge in [0.2, 0.25) is 0 Å². The molecule has 0 fully saturated rings. The van der Waals surface area contributed by atoms with Gasteiger partial charge in [0.1, 0.15) is 0 Å². The molecule has 0 aliphatic carbocycles. The maximum atomic E-state index is 3.67. The third kappa shape index (κ3) is 9.61. The van der Waals surface area contributed by atoms with Gasteiger partial charge in [-0.15, -0.1) is 0 Å². The molecule has 1 atom stereocenters. The molecule has 0 saturated carbocycles. The van der Waals surface area contributed by atoms with Crippen LogP contribution in [0.25, 0.3) is 0 Å². The van der Waals surface area contributed by atoms with Gasteiger partial charge in [0.25, 0.3) is 0 Å². The predicted octanol–water partition coefficient (Wildman–Crippen LogP) is 3.76. The molecule has 0 aliphatic heterocycles. The van der Waals surface area contributed by atoms with Crippen LogP contribution in [0, 0.1) is 0 Å². The first kappa shape index (κ1) is 12.7. The maximum Gasteiger partial charge on any atom is 0.0919 e. The number of imidazole rings is 1. The molecule has 1 heterocycles. The molecule has 0 aromatic carbocycles. The van der Waals surface area contributed by atoms with Crippen LogP contribution < -0.4 is 0 Å². The van der Waals surface area contributed by atoms with E-state index in [0.29, 0.717) is 0 Å². The maximum absolute atomic E-state index is 3.67. The largest absolute Gasteiger partial charge is 0.351 e. The number of halogens is 1. The number of rotatable bonds is 4. The molecule has 0 aliphatic rings. The highest BCUT2D eigenvalue weighted by atomic mass is 79.9. The van der Waals surface area contributed by atoms with E-state index in [0.717, 1.165) is 4.83 Å². The molecular formula is C10H19BrN2. The molecule has 1 aromatic heterocycles. The Morgan fingerprint density at radius 1 is 1.46 bits per heavy atom. The van der Waals surface area contributed by atoms with E-state index in [1.54, 1.807) is 18.7 Å². The Hall–Kier alpha value is -0.310. The van der Waals surface area contributed by atoms with Gasteiger partial charge in [0.15, 0.2) is 0 Å². The van der Waals surface area contributed by atoms with Crippen molar-refractivity contribution in [1.29, 1.82) is 0 Å². The number of aromatic nitrogens is 2. The Labute approximate surface area is 89.3 Å². The summed E-state index contributed by atoms with van der Waals surface area (Å²) in [6.07, 6.45) is 10.4. The van der Waals surface area contributed by atoms with Crippen LogP contribution in [0.2, 0.25) is 0 Å². The van der Waals surface area contributed by atoms with Crippen molar-refractivity contribution in [3.05, 3.63) is 18.7 Å². The minimum absolute atomic E-state index is 0.766. The molecule has 1 N–H and O–H groups in total. The Kier molecular flexibility index (Phi) is 9.54. The van der Waals surface area contributed by atoms with Crippen LogP contribution in [-0.2, 0) is 0 Å². The Morgan fingerprint density at radius 2 is 2.23 bits per heavy atom. The zero-order valence-electron chi connectivity index (χ0n) is 8.46. The van der Waals surface area contributed by atoms with E-state index < -0.39 is 0 Å². The average Bonchev–Trinajstić information content (AvgIpc) is 2.72. The van der Waals surface area contributed by atoms with Gasteiger partial charge in [0, 0.05) is 17.2 Å². The lowest BCUT2D eigenvalue weighted by Gasteiger charge is -2.02. The van der Waals surface area contributed by atoms with Crippen molar-refractivity contribution in [2.75, 3.05) is 0 Å². The van der Waals surface area contributed by atoms with Crippen LogP contribution in [0.4, 0.5) is 0 Å². The monoisotopic (exact) mass is 246 g/mol. The number of H-pyrrole nitrogens is 1. The second kappa shape index (κ2) is 9.78. The van der Waals surface area contributed by atoms with E-state index in [1.165, 1.54) is 25.7 Å². The molecule has 13 heavy (non-hydrogen) atoms. The standard InChI is InChI=1S/C7H15Br.C3H4N2/c1-3-5-6-7(8)4-2;1-2-5-3-4-1/h7H,3-6H2,1-2H3;1-3H,(H,4,5). The summed E-state index contributed by atoms with van der Waals surface area (Å²) >= 11 is 3.58. The van der Waals surface area contributed by atoms with Gasteiger partial charge < -0.3 is 4.98 Å². The molecule has 0 spiro atoms. The van der Waals surface area contributed by atoms with Crippen LogP contribution in [0.15, 0.2) is 18.7 Å². The van der Waals surface area contributed by atoms with E-state index in [2.05, 4.69) is 39.7 Å². The summed E-state index contributed by atoms with van der Waals surface area (Å²) in [5, 5.41) is 0. The fourth-order valence-electron chi connectivity index (χ4n) is 0.845. The smallest absolute Gasteiger partial charge is 0.0919 e. The summed E-state index contributed by atoms with van der Waals surface area (Å²) in [7, 11) is 0. The predicted molar refractivity (Wildman–Crippen MR) is 61.1 cm³/mol. The lowest BCUT2D eigenvalue weighted by atomic mass is 10.2. The highest BCUT2D eigenvalue weighted by Gasteiger charge is 1.96. The van der Waals surface area contributed by atoms with Gasteiger partial charge >= 0.3 is 0 Å². The van der Waals surface area contributed by atoms with Crippen molar-refractivity contribution in [3.8, 4) is 0 Å². The van der Waals surface area contributed by atoms with Crippen molar-refractivity contribution in [3.63, 3.8) is 0 Å². The zero-order chi connectivity index (χ0) is 9.94. The van der Waals surface area contributed by atoms with E-state index in [-0.39, 0.29) is 0 Å². The van der Waals surface area contributed by atoms with Crippen LogP contribution in [0.1, 0.15) is 39.5 Å². The lowest BCUT2D eigenvalue weighted by molar-refractivity contribution is 0.678. The second-order valence-corrected chi connectivity index (χ2v) is 4.20. The van der Waals surface area contributed by atoms with Gasteiger partial charge in [0.05, 0.1) is 6.33 Å². The van der Waals surface area contributed by atoms with Gasteiger partial charge in [-0.3, -0.25) is 0 Å². The molecule has 1 aromatic rings. The molecule has 76 valence electrons. The van der Waals surface area contributed by atoms with E-state index in [9.17, 15) is 0 Å². The summed E-state index contributed by atoms with van der Waals surface area (Å²) in [5.74, 6) is 0. The van der Waals surface area contributed by atoms with Gasteiger partial charge in [-0.2, -0.15) is 0 Å². The minimum Gasteiger partial charge on any atom is -0.351 e. The summed E-state index contributed by atoms with van der Waals surface area (Å²) in [6.45, 7) is 4.45. The van der Waals surface area contributed by atoms with E-state index >= 15 is 0 Å². The SMILES string of the molecule is CCCCC(Br)CC.c1c[nH]cn1. The van der Waals surface area contributed by atoms with Crippen molar-refractivity contribution < 1.29 is 0 Å². The normalized spacial score (nSPS) is 11.6. The zero-order valence-corrected chi connectivity index (χ0v) is 10.0. The highest BCUT2D eigenvalue weighted by molar-refractivity contribution is 9.09. The first-order valence-corrected chi connectivity index (χ1v) is 5.79. The Balaban J connectivity index is 0.000000243. The minimum atomic E-state index is 0.766. The number of hydrogen-bond acceptors (Lipinski definition) is 1. The number of unbranched alkanes of at least 4 members (excludes halogenated alkanes) is 1. The van der Waals surface area contributed by atoms with Gasteiger partial charge in [-0.25, -0.2) is 4.98 Å². The Morgan fingerprint density at radius 3 is 2.54 bits per heavy atom. The fourth-order valence-corrected chi connectivity index (χ4v) is 1.17. The number of hydrogen-bond donors (Lipinski definition) is 1. The summed E-state index contributed by atoms with van der Waals surface area (Å²) in [6, 6.07) is 0. The van der Waals surface area contributed by atoms with Crippen molar-refractivity contribution in [1.82, 2.24) is 9.97 Å². The average molecular weight is 247 g/mol. The third-order valence-corrected chi connectivity index (χ3v) is 2.83. The molecule has 0 saturated heterocycles. The highest BCUT2D eigenvalue weighted by Crippen LogP contribution is 2.12. The van der Waals surface area contributed by atoms with E-state index in [1.807, 2.05) is 0 Å². The summed E-state index contributed by atoms with van der Waals surface area (Å²) in [5.41, 5.74) is 0. The third-order valence-electron chi connectivity index (χ3n) is 1.72. The first-order chi connectivity index (χ1) is 6.31. The van der Waals surface area contributed by atoms with Crippen molar-refractivity contribution in [2.24, 2.45) is 0 Å². The number of alkyl halides is 1. The van der Waals surface area contributed by atoms with Crippen molar-refractivity contribution >= 4 is 15.9 Å². The topological polar surface area (TPSA) is 28.7 Å².